The molecule has 0 unspecified atom stereocenters. The molecule has 1 N–H and O–H groups in total. The maximum Gasteiger partial charge on any atom is 0.0592 e. The first-order chi connectivity index (χ1) is 8.56. The van der Waals surface area contributed by atoms with E-state index in [4.69, 9.17) is 4.74 Å². The average Bonchev–Trinajstić information content (AvgIpc) is 3.09. The largest absolute Gasteiger partial charge is 0.396 e. The minimum Gasteiger partial charge on any atom is -0.396 e. The molecule has 1 aliphatic heterocycles. The normalized spacial score (nSPS) is 23.6. The summed E-state index contributed by atoms with van der Waals surface area (Å²) in [6, 6.07) is 4.47. The maximum atomic E-state index is 9.78. The Hall–Kier alpha value is -0.860. The molecule has 2 heteroatoms. The number of hydrogen-bond donors (Lipinski definition) is 1. The van der Waals surface area contributed by atoms with Crippen LogP contribution in [0.2, 0.25) is 0 Å². The smallest absolute Gasteiger partial charge is 0.0592 e. The highest BCUT2D eigenvalue weighted by molar-refractivity contribution is 5.46. The molecule has 18 heavy (non-hydrogen) atoms. The predicted octanol–water partition coefficient (Wildman–Crippen LogP) is 2.65. The molecule has 0 aromatic heterocycles. The van der Waals surface area contributed by atoms with Crippen LogP contribution in [-0.2, 0) is 10.2 Å². The van der Waals surface area contributed by atoms with Crippen LogP contribution < -0.4 is 0 Å². The van der Waals surface area contributed by atoms with E-state index in [2.05, 4.69) is 32.9 Å². The second-order valence-corrected chi connectivity index (χ2v) is 6.19. The van der Waals surface area contributed by atoms with E-state index in [0.29, 0.717) is 6.61 Å². The van der Waals surface area contributed by atoms with Gasteiger partial charge in [0.05, 0.1) is 18.6 Å². The van der Waals surface area contributed by atoms with Gasteiger partial charge in [-0.3, -0.25) is 0 Å². The molecule has 1 aromatic carbocycles. The zero-order valence-corrected chi connectivity index (χ0v) is 11.5. The number of aliphatic hydroxyl groups excluding tert-OH is 1. The first kappa shape index (κ1) is 12.2. The SMILES string of the molecule is Cc1ccc(C2(C3(CO)CC3)COC2)c(C)c1C. The fourth-order valence-electron chi connectivity index (χ4n) is 3.47. The van der Waals surface area contributed by atoms with Gasteiger partial charge in [0.15, 0.2) is 0 Å². The average molecular weight is 246 g/mol. The molecule has 1 heterocycles. The highest BCUT2D eigenvalue weighted by Gasteiger charge is 2.63. The lowest BCUT2D eigenvalue weighted by molar-refractivity contribution is -0.110. The Morgan fingerprint density at radius 1 is 1.11 bits per heavy atom. The molecular weight excluding hydrogens is 224 g/mol. The van der Waals surface area contributed by atoms with Crippen LogP contribution in [0.25, 0.3) is 0 Å². The van der Waals surface area contributed by atoms with Crippen molar-refractivity contribution in [3.63, 3.8) is 0 Å². The van der Waals surface area contributed by atoms with E-state index in [1.54, 1.807) is 0 Å². The van der Waals surface area contributed by atoms with Crippen molar-refractivity contribution >= 4 is 0 Å². The highest BCUT2D eigenvalue weighted by atomic mass is 16.5. The Morgan fingerprint density at radius 2 is 1.78 bits per heavy atom. The van der Waals surface area contributed by atoms with Gasteiger partial charge in [0.2, 0.25) is 0 Å². The lowest BCUT2D eigenvalue weighted by Crippen LogP contribution is -2.55. The van der Waals surface area contributed by atoms with E-state index >= 15 is 0 Å². The van der Waals surface area contributed by atoms with Gasteiger partial charge in [0.1, 0.15) is 0 Å². The molecule has 0 spiro atoms. The summed E-state index contributed by atoms with van der Waals surface area (Å²) in [6.45, 7) is 8.41. The fourth-order valence-corrected chi connectivity index (χ4v) is 3.47. The molecule has 98 valence electrons. The monoisotopic (exact) mass is 246 g/mol. The van der Waals surface area contributed by atoms with Crippen molar-refractivity contribution in [3.05, 3.63) is 34.4 Å². The molecule has 1 saturated heterocycles. The lowest BCUT2D eigenvalue weighted by atomic mass is 9.64. The van der Waals surface area contributed by atoms with E-state index in [1.165, 1.54) is 22.3 Å². The molecule has 2 fully saturated rings. The summed E-state index contributed by atoms with van der Waals surface area (Å²) in [6.07, 6.45) is 2.28. The second-order valence-electron chi connectivity index (χ2n) is 6.19. The Morgan fingerprint density at radius 3 is 2.22 bits per heavy atom. The Kier molecular flexibility index (Phi) is 2.58. The maximum absolute atomic E-state index is 9.78. The summed E-state index contributed by atoms with van der Waals surface area (Å²) < 4.78 is 5.53. The van der Waals surface area contributed by atoms with Gasteiger partial charge in [-0.1, -0.05) is 12.1 Å². The predicted molar refractivity (Wildman–Crippen MR) is 71.9 cm³/mol. The van der Waals surface area contributed by atoms with Crippen LogP contribution in [0.1, 0.15) is 35.1 Å². The number of aryl methyl sites for hydroxylation is 1. The minimum absolute atomic E-state index is 0.0737. The molecule has 2 aliphatic rings. The van der Waals surface area contributed by atoms with Gasteiger partial charge < -0.3 is 9.84 Å². The van der Waals surface area contributed by atoms with E-state index in [1.807, 2.05) is 0 Å². The summed E-state index contributed by atoms with van der Waals surface area (Å²) >= 11 is 0. The molecule has 2 nitrogen and oxygen atoms in total. The van der Waals surface area contributed by atoms with Crippen molar-refractivity contribution in [1.82, 2.24) is 0 Å². The molecular formula is C16H22O2. The van der Waals surface area contributed by atoms with Crippen LogP contribution in [0.15, 0.2) is 12.1 Å². The number of hydrogen-bond acceptors (Lipinski definition) is 2. The van der Waals surface area contributed by atoms with Crippen molar-refractivity contribution in [2.75, 3.05) is 19.8 Å². The van der Waals surface area contributed by atoms with Gasteiger partial charge in [0.25, 0.3) is 0 Å². The van der Waals surface area contributed by atoms with Gasteiger partial charge in [0, 0.05) is 12.0 Å². The molecule has 0 atom stereocenters. The highest BCUT2D eigenvalue weighted by Crippen LogP contribution is 2.62. The Bertz CT molecular complexity index is 482. The minimum atomic E-state index is 0.0737. The van der Waals surface area contributed by atoms with Gasteiger partial charge in [-0.25, -0.2) is 0 Å². The molecule has 0 radical (unpaired) electrons. The van der Waals surface area contributed by atoms with Gasteiger partial charge >= 0.3 is 0 Å². The number of ether oxygens (including phenoxy) is 1. The third-order valence-electron chi connectivity index (χ3n) is 5.44. The molecule has 0 bridgehead atoms. The Balaban J connectivity index is 2.11. The van der Waals surface area contributed by atoms with Gasteiger partial charge in [-0.15, -0.1) is 0 Å². The zero-order chi connectivity index (χ0) is 13.0. The number of rotatable bonds is 3. The first-order valence-electron chi connectivity index (χ1n) is 6.82. The zero-order valence-electron chi connectivity index (χ0n) is 11.5. The van der Waals surface area contributed by atoms with Crippen molar-refractivity contribution < 1.29 is 9.84 Å². The summed E-state index contributed by atoms with van der Waals surface area (Å²) in [5, 5.41) is 9.78. The summed E-state index contributed by atoms with van der Waals surface area (Å²) in [4.78, 5) is 0. The van der Waals surface area contributed by atoms with Crippen LogP contribution in [0, 0.1) is 26.2 Å². The first-order valence-corrected chi connectivity index (χ1v) is 6.82. The van der Waals surface area contributed by atoms with Crippen molar-refractivity contribution in [2.45, 2.75) is 39.0 Å². The van der Waals surface area contributed by atoms with Gasteiger partial charge in [-0.05, 0) is 55.9 Å². The summed E-state index contributed by atoms with van der Waals surface area (Å²) in [5.74, 6) is 0. The van der Waals surface area contributed by atoms with Crippen LogP contribution in [0.5, 0.6) is 0 Å². The van der Waals surface area contributed by atoms with Crippen molar-refractivity contribution in [1.29, 1.82) is 0 Å². The summed E-state index contributed by atoms with van der Waals surface area (Å²) in [5.41, 5.74) is 5.69. The lowest BCUT2D eigenvalue weighted by Gasteiger charge is -2.49. The van der Waals surface area contributed by atoms with Crippen LogP contribution in [0.4, 0.5) is 0 Å². The van der Waals surface area contributed by atoms with Crippen molar-refractivity contribution in [2.24, 2.45) is 5.41 Å². The number of aliphatic hydroxyl groups is 1. The van der Waals surface area contributed by atoms with E-state index in [0.717, 1.165) is 26.1 Å². The van der Waals surface area contributed by atoms with E-state index in [9.17, 15) is 5.11 Å². The molecule has 1 aliphatic carbocycles. The molecule has 0 amide bonds. The number of benzene rings is 1. The molecule has 3 rings (SSSR count). The third-order valence-corrected chi connectivity index (χ3v) is 5.44. The van der Waals surface area contributed by atoms with E-state index in [-0.39, 0.29) is 10.8 Å². The second kappa shape index (κ2) is 3.82. The standard InChI is InChI=1S/C16H22O2/c1-11-4-5-14(13(3)12(11)2)16(9-18-10-16)15(8-17)6-7-15/h4-5,17H,6-10H2,1-3H3. The fraction of sp³-hybridized carbons (Fsp3) is 0.625. The van der Waals surface area contributed by atoms with Crippen LogP contribution in [-0.4, -0.2) is 24.9 Å². The van der Waals surface area contributed by atoms with E-state index < -0.39 is 0 Å². The summed E-state index contributed by atoms with van der Waals surface area (Å²) in [7, 11) is 0. The van der Waals surface area contributed by atoms with Crippen molar-refractivity contribution in [3.8, 4) is 0 Å². The van der Waals surface area contributed by atoms with Gasteiger partial charge in [-0.2, -0.15) is 0 Å². The molecule has 1 aromatic rings. The molecule has 1 saturated carbocycles. The third kappa shape index (κ3) is 1.36. The topological polar surface area (TPSA) is 29.5 Å². The van der Waals surface area contributed by atoms with Crippen LogP contribution in [0.3, 0.4) is 0 Å². The quantitative estimate of drug-likeness (QED) is 0.888. The Labute approximate surface area is 109 Å². The van der Waals surface area contributed by atoms with Crippen LogP contribution >= 0.6 is 0 Å².